The molecule has 0 radical (unpaired) electrons. The summed E-state index contributed by atoms with van der Waals surface area (Å²) in [5, 5.41) is 0. The van der Waals surface area contributed by atoms with Crippen molar-refractivity contribution in [1.29, 1.82) is 0 Å². The molecule has 2 aliphatic rings. The van der Waals surface area contributed by atoms with Gasteiger partial charge in [0.15, 0.2) is 0 Å². The Kier molecular flexibility index (Phi) is 4.98. The molecule has 1 saturated carbocycles. The Bertz CT molecular complexity index is 517. The molecule has 4 nitrogen and oxygen atoms in total. The Labute approximate surface area is 132 Å². The third-order valence-electron chi connectivity index (χ3n) is 4.76. The van der Waals surface area contributed by atoms with Crippen LogP contribution in [0.4, 0.5) is 0 Å². The van der Waals surface area contributed by atoms with Crippen LogP contribution >= 0.6 is 0 Å². The minimum absolute atomic E-state index is 0.326. The van der Waals surface area contributed by atoms with Crippen molar-refractivity contribution in [3.8, 4) is 0 Å². The molecule has 1 saturated heterocycles. The van der Waals surface area contributed by atoms with Crippen LogP contribution in [0.5, 0.6) is 0 Å². The number of hydrogen-bond acceptors (Lipinski definition) is 3. The van der Waals surface area contributed by atoms with Crippen LogP contribution in [0.3, 0.4) is 0 Å². The molecule has 0 spiro atoms. The van der Waals surface area contributed by atoms with Crippen molar-refractivity contribution in [2.45, 2.75) is 32.6 Å². The topological polar surface area (TPSA) is 36.7 Å². The minimum atomic E-state index is 0.326. The van der Waals surface area contributed by atoms with Gasteiger partial charge in [0.25, 0.3) is 0 Å². The third kappa shape index (κ3) is 3.80. The van der Waals surface area contributed by atoms with Crippen molar-refractivity contribution >= 4 is 12.0 Å². The number of amides is 1. The highest BCUT2D eigenvalue weighted by Crippen LogP contribution is 2.28. The highest BCUT2D eigenvalue weighted by molar-refractivity contribution is 5.79. The summed E-state index contributed by atoms with van der Waals surface area (Å²) >= 11 is 0. The first-order chi connectivity index (χ1) is 10.7. The summed E-state index contributed by atoms with van der Waals surface area (Å²) in [5.74, 6) is 1.64. The molecule has 2 heterocycles. The van der Waals surface area contributed by atoms with E-state index >= 15 is 0 Å². The van der Waals surface area contributed by atoms with Crippen LogP contribution in [0.1, 0.15) is 38.4 Å². The Balaban J connectivity index is 1.50. The van der Waals surface area contributed by atoms with E-state index in [-0.39, 0.29) is 0 Å². The molecule has 1 aromatic rings. The zero-order valence-corrected chi connectivity index (χ0v) is 13.5. The van der Waals surface area contributed by atoms with Gasteiger partial charge in [-0.05, 0) is 44.4 Å². The van der Waals surface area contributed by atoms with E-state index < -0.39 is 0 Å². The van der Waals surface area contributed by atoms with Gasteiger partial charge in [-0.15, -0.1) is 0 Å². The van der Waals surface area contributed by atoms with Gasteiger partial charge < -0.3 is 9.32 Å². The zero-order chi connectivity index (χ0) is 15.4. The van der Waals surface area contributed by atoms with Crippen molar-refractivity contribution in [1.82, 2.24) is 9.80 Å². The largest absolute Gasteiger partial charge is 0.465 e. The highest BCUT2D eigenvalue weighted by Gasteiger charge is 2.30. The summed E-state index contributed by atoms with van der Waals surface area (Å²) in [4.78, 5) is 16.9. The van der Waals surface area contributed by atoms with Crippen molar-refractivity contribution < 1.29 is 9.21 Å². The van der Waals surface area contributed by atoms with Crippen LogP contribution < -0.4 is 0 Å². The maximum atomic E-state index is 12.4. The van der Waals surface area contributed by atoms with Crippen LogP contribution in [0.25, 0.3) is 6.08 Å². The predicted octanol–water partition coefficient (Wildman–Crippen LogP) is 3.02. The van der Waals surface area contributed by atoms with E-state index in [2.05, 4.69) is 22.8 Å². The highest BCUT2D eigenvalue weighted by atomic mass is 16.3. The fourth-order valence-corrected chi connectivity index (χ4v) is 3.28. The number of nitrogens with zero attached hydrogens (tertiary/aromatic N) is 2. The first-order valence-electron chi connectivity index (χ1n) is 8.44. The summed E-state index contributed by atoms with van der Waals surface area (Å²) in [5.41, 5.74) is 1.30. The number of rotatable bonds is 4. The van der Waals surface area contributed by atoms with Gasteiger partial charge in [-0.2, -0.15) is 0 Å². The van der Waals surface area contributed by atoms with E-state index in [4.69, 9.17) is 4.42 Å². The Morgan fingerprint density at radius 1 is 1.27 bits per heavy atom. The molecule has 2 fully saturated rings. The molecule has 0 atom stereocenters. The van der Waals surface area contributed by atoms with Gasteiger partial charge in [-0.1, -0.05) is 12.0 Å². The van der Waals surface area contributed by atoms with Gasteiger partial charge in [0, 0.05) is 38.6 Å². The Morgan fingerprint density at radius 2 is 2.14 bits per heavy atom. The second-order valence-corrected chi connectivity index (χ2v) is 6.59. The summed E-state index contributed by atoms with van der Waals surface area (Å²) in [7, 11) is 0. The molecule has 1 aromatic heterocycles. The fourth-order valence-electron chi connectivity index (χ4n) is 3.28. The predicted molar refractivity (Wildman–Crippen MR) is 87.3 cm³/mol. The fraction of sp³-hybridized carbons (Fsp3) is 0.611. The summed E-state index contributed by atoms with van der Waals surface area (Å²) < 4.78 is 5.36. The molecule has 1 amide bonds. The summed E-state index contributed by atoms with van der Waals surface area (Å²) in [6.45, 7) is 6.94. The minimum Gasteiger partial charge on any atom is -0.465 e. The molecule has 1 aliphatic carbocycles. The van der Waals surface area contributed by atoms with E-state index in [0.29, 0.717) is 11.8 Å². The van der Waals surface area contributed by atoms with Crippen molar-refractivity contribution in [3.05, 3.63) is 29.7 Å². The van der Waals surface area contributed by atoms with Crippen molar-refractivity contribution in [3.63, 3.8) is 0 Å². The van der Waals surface area contributed by atoms with E-state index in [0.717, 1.165) is 57.7 Å². The lowest BCUT2D eigenvalue weighted by Crippen LogP contribution is -2.41. The van der Waals surface area contributed by atoms with Crippen LogP contribution in [0, 0.1) is 5.92 Å². The number of hydrogen-bond donors (Lipinski definition) is 0. The van der Waals surface area contributed by atoms with Crippen LogP contribution in [0.15, 0.2) is 28.4 Å². The van der Waals surface area contributed by atoms with Gasteiger partial charge in [-0.25, -0.2) is 0 Å². The molecule has 120 valence electrons. The van der Waals surface area contributed by atoms with Gasteiger partial charge in [0.2, 0.25) is 5.91 Å². The first-order valence-corrected chi connectivity index (χ1v) is 8.44. The summed E-state index contributed by atoms with van der Waals surface area (Å²) in [6.07, 6.45) is 8.31. The average molecular weight is 302 g/mol. The normalized spacial score (nSPS) is 21.5. The quantitative estimate of drug-likeness (QED) is 0.858. The van der Waals surface area contributed by atoms with Crippen LogP contribution in [-0.2, 0) is 4.79 Å². The van der Waals surface area contributed by atoms with Crippen LogP contribution in [-0.4, -0.2) is 48.4 Å². The van der Waals surface area contributed by atoms with Gasteiger partial charge in [0.05, 0.1) is 6.26 Å². The second kappa shape index (κ2) is 7.14. The molecular formula is C18H26N2O2. The number of carbonyl (C=O) groups is 1. The Morgan fingerprint density at radius 3 is 2.82 bits per heavy atom. The van der Waals surface area contributed by atoms with Gasteiger partial charge in [-0.3, -0.25) is 9.69 Å². The third-order valence-corrected chi connectivity index (χ3v) is 4.76. The maximum Gasteiger partial charge on any atom is 0.225 e. The van der Waals surface area contributed by atoms with E-state index in [1.165, 1.54) is 12.0 Å². The smallest absolute Gasteiger partial charge is 0.225 e. The van der Waals surface area contributed by atoms with Crippen molar-refractivity contribution in [2.75, 3.05) is 32.7 Å². The number of furan rings is 1. The monoisotopic (exact) mass is 302 g/mol. The molecule has 4 heteroatoms. The molecule has 0 unspecified atom stereocenters. The van der Waals surface area contributed by atoms with E-state index in [1.807, 2.05) is 12.1 Å². The summed E-state index contributed by atoms with van der Waals surface area (Å²) in [6, 6.07) is 3.89. The van der Waals surface area contributed by atoms with E-state index in [9.17, 15) is 4.79 Å². The molecular weight excluding hydrogens is 276 g/mol. The Hall–Kier alpha value is -1.55. The molecule has 0 bridgehead atoms. The van der Waals surface area contributed by atoms with Crippen molar-refractivity contribution in [2.24, 2.45) is 5.92 Å². The average Bonchev–Trinajstić information content (AvgIpc) is 2.81. The van der Waals surface area contributed by atoms with Gasteiger partial charge >= 0.3 is 0 Å². The van der Waals surface area contributed by atoms with Crippen LogP contribution in [0.2, 0.25) is 0 Å². The maximum absolute atomic E-state index is 12.4. The SMILES string of the molecule is CC(=Cc1ccco1)CN1CCCN(C(=O)C2CCC2)CC1. The van der Waals surface area contributed by atoms with E-state index in [1.54, 1.807) is 6.26 Å². The lowest BCUT2D eigenvalue weighted by atomic mass is 9.84. The molecule has 22 heavy (non-hydrogen) atoms. The lowest BCUT2D eigenvalue weighted by molar-refractivity contribution is -0.138. The van der Waals surface area contributed by atoms with Gasteiger partial charge in [0.1, 0.15) is 5.76 Å². The molecule has 1 aliphatic heterocycles. The lowest BCUT2D eigenvalue weighted by Gasteiger charge is -2.31. The zero-order valence-electron chi connectivity index (χ0n) is 13.5. The molecule has 0 aromatic carbocycles. The first kappa shape index (κ1) is 15.3. The molecule has 3 rings (SSSR count). The standard InChI is InChI=1S/C18H26N2O2/c1-15(13-17-7-3-12-22-17)14-19-8-4-9-20(11-10-19)18(21)16-5-2-6-16/h3,7,12-13,16H,2,4-6,8-11,14H2,1H3. The number of carbonyl (C=O) groups excluding carboxylic acids is 1. The molecule has 0 N–H and O–H groups in total. The second-order valence-electron chi connectivity index (χ2n) is 6.59.